The predicted molar refractivity (Wildman–Crippen MR) is 264 cm³/mol. The van der Waals surface area contributed by atoms with Gasteiger partial charge in [0.25, 0.3) is 0 Å². The van der Waals surface area contributed by atoms with Gasteiger partial charge in [-0.2, -0.15) is 0 Å². The van der Waals surface area contributed by atoms with Gasteiger partial charge in [-0.05, 0) is 105 Å². The second-order valence-corrected chi connectivity index (χ2v) is 22.1. The number of pyridine rings is 1. The minimum absolute atomic E-state index is 0.00952. The van der Waals surface area contributed by atoms with Gasteiger partial charge in [-0.1, -0.05) is 145 Å². The summed E-state index contributed by atoms with van der Waals surface area (Å²) in [6.45, 7) is 32.9. The zero-order chi connectivity index (χ0) is 44.6. The fourth-order valence-electron chi connectivity index (χ4n) is 8.69. The molecule has 8 rings (SSSR count). The number of benzene rings is 5. The molecular formula is C57H66N4O. The molecule has 0 atom stereocenters. The first-order valence-electron chi connectivity index (χ1n) is 22.3. The van der Waals surface area contributed by atoms with Crippen LogP contribution in [0.5, 0.6) is 11.5 Å². The lowest BCUT2D eigenvalue weighted by molar-refractivity contribution is 0.483. The second kappa shape index (κ2) is 15.2. The van der Waals surface area contributed by atoms with Gasteiger partial charge in [0.1, 0.15) is 17.3 Å². The average molecular weight is 823 g/mol. The molecule has 62 heavy (non-hydrogen) atoms. The van der Waals surface area contributed by atoms with Crippen molar-refractivity contribution < 1.29 is 4.74 Å². The van der Waals surface area contributed by atoms with Gasteiger partial charge < -0.3 is 14.5 Å². The Morgan fingerprint density at radius 2 is 1.13 bits per heavy atom. The summed E-state index contributed by atoms with van der Waals surface area (Å²) >= 11 is 0. The van der Waals surface area contributed by atoms with Crippen molar-refractivity contribution in [2.24, 2.45) is 5.41 Å². The van der Waals surface area contributed by atoms with Crippen LogP contribution in [-0.4, -0.2) is 16.2 Å². The lowest BCUT2D eigenvalue weighted by Gasteiger charge is -2.33. The molecule has 0 saturated carbocycles. The SMILES string of the molecule is CC(C)(C)C1=CN(c2cccc(Oc3ccc4c5cc(C(C)(C)C)ccc5n(-c5cc(C(C)(C)c6ccccc6)ccn5)c4c3)c2)CN1c1cc(C(C)(C)C)cc(C(C)(C)C)c1. The van der Waals surface area contributed by atoms with Crippen molar-refractivity contribution in [2.45, 2.75) is 119 Å². The van der Waals surface area contributed by atoms with Crippen LogP contribution < -0.4 is 14.5 Å². The fraction of sp³-hybridized carbons (Fsp3) is 0.351. The molecule has 5 aromatic carbocycles. The van der Waals surface area contributed by atoms with E-state index in [1.807, 2.05) is 6.20 Å². The summed E-state index contributed by atoms with van der Waals surface area (Å²) in [4.78, 5) is 9.88. The third-order valence-electron chi connectivity index (χ3n) is 12.8. The maximum Gasteiger partial charge on any atom is 0.137 e. The van der Waals surface area contributed by atoms with E-state index in [1.165, 1.54) is 50.0 Å². The van der Waals surface area contributed by atoms with E-state index in [1.54, 1.807) is 0 Å². The number of hydrogen-bond donors (Lipinski definition) is 0. The molecule has 1 aliphatic heterocycles. The third kappa shape index (κ3) is 8.27. The number of fused-ring (bicyclic) bond motifs is 3. The number of aromatic nitrogens is 2. The minimum atomic E-state index is -0.211. The molecule has 0 saturated heterocycles. The van der Waals surface area contributed by atoms with Gasteiger partial charge in [0.05, 0.1) is 17.7 Å². The highest BCUT2D eigenvalue weighted by molar-refractivity contribution is 6.09. The molecule has 0 radical (unpaired) electrons. The van der Waals surface area contributed by atoms with Crippen LogP contribution in [0.1, 0.15) is 125 Å². The summed E-state index contributed by atoms with van der Waals surface area (Å²) in [5.41, 5.74) is 12.0. The van der Waals surface area contributed by atoms with Crippen molar-refractivity contribution in [3.8, 4) is 17.3 Å². The molecule has 5 heteroatoms. The van der Waals surface area contributed by atoms with Crippen LogP contribution in [0.2, 0.25) is 0 Å². The summed E-state index contributed by atoms with van der Waals surface area (Å²) in [7, 11) is 0. The molecule has 2 aromatic heterocycles. The maximum atomic E-state index is 6.80. The smallest absolute Gasteiger partial charge is 0.137 e. The van der Waals surface area contributed by atoms with E-state index in [9.17, 15) is 0 Å². The highest BCUT2D eigenvalue weighted by Crippen LogP contribution is 2.43. The van der Waals surface area contributed by atoms with Gasteiger partial charge in [-0.25, -0.2) is 4.98 Å². The Morgan fingerprint density at radius 3 is 1.77 bits per heavy atom. The lowest BCUT2D eigenvalue weighted by atomic mass is 9.78. The number of allylic oxidation sites excluding steroid dienone is 1. The van der Waals surface area contributed by atoms with Gasteiger partial charge in [-0.3, -0.25) is 4.57 Å². The van der Waals surface area contributed by atoms with Crippen LogP contribution in [0, 0.1) is 5.41 Å². The Bertz CT molecular complexity index is 2780. The highest BCUT2D eigenvalue weighted by Gasteiger charge is 2.33. The van der Waals surface area contributed by atoms with Crippen molar-refractivity contribution in [1.82, 2.24) is 9.55 Å². The Balaban J connectivity index is 1.17. The van der Waals surface area contributed by atoms with E-state index in [-0.39, 0.29) is 27.1 Å². The minimum Gasteiger partial charge on any atom is -0.457 e. The fourth-order valence-corrected chi connectivity index (χ4v) is 8.69. The van der Waals surface area contributed by atoms with Crippen LogP contribution in [0.25, 0.3) is 27.6 Å². The number of hydrogen-bond acceptors (Lipinski definition) is 4. The van der Waals surface area contributed by atoms with E-state index < -0.39 is 0 Å². The van der Waals surface area contributed by atoms with E-state index in [0.717, 1.165) is 34.0 Å². The standard InChI is InChI=1S/C57H66N4O/c1-53(2,3)39-23-26-49-48(32-39)47-25-24-46(35-50(47)61(49)52-33-40(27-28-58-52)57(13,14)38-19-16-15-17-20-38)62-45-22-18-21-43(34-45)59-36-51(56(10,11)12)60(37-59)44-30-41(54(4,5)6)29-42(31-44)55(7,8)9/h15-36H,37H2,1-14H3. The molecule has 0 unspecified atom stereocenters. The van der Waals surface area contributed by atoms with Crippen molar-refractivity contribution in [3.63, 3.8) is 0 Å². The monoisotopic (exact) mass is 823 g/mol. The van der Waals surface area contributed by atoms with Gasteiger partial charge in [0.15, 0.2) is 0 Å². The summed E-state index contributed by atoms with van der Waals surface area (Å²) in [5, 5.41) is 2.38. The first kappa shape index (κ1) is 42.9. The number of rotatable bonds is 7. The molecule has 7 aromatic rings. The summed E-state index contributed by atoms with van der Waals surface area (Å²) in [6.07, 6.45) is 4.28. The topological polar surface area (TPSA) is 33.5 Å². The normalized spacial score (nSPS) is 14.3. The second-order valence-electron chi connectivity index (χ2n) is 22.1. The zero-order valence-electron chi connectivity index (χ0n) is 39.6. The molecule has 0 spiro atoms. The van der Waals surface area contributed by atoms with Crippen molar-refractivity contribution >= 4 is 33.2 Å². The molecule has 0 aliphatic carbocycles. The van der Waals surface area contributed by atoms with Gasteiger partial charge >= 0.3 is 0 Å². The first-order valence-corrected chi connectivity index (χ1v) is 22.3. The average Bonchev–Trinajstić information content (AvgIpc) is 3.81. The Labute approximate surface area is 371 Å². The first-order chi connectivity index (χ1) is 29.0. The quantitative estimate of drug-likeness (QED) is 0.160. The van der Waals surface area contributed by atoms with Gasteiger partial charge in [0, 0.05) is 63.2 Å². The lowest BCUT2D eigenvalue weighted by Crippen LogP contribution is -2.31. The summed E-state index contributed by atoms with van der Waals surface area (Å²) in [5.74, 6) is 2.45. The van der Waals surface area contributed by atoms with Crippen molar-refractivity contribution in [1.29, 1.82) is 0 Å². The van der Waals surface area contributed by atoms with Crippen molar-refractivity contribution in [2.75, 3.05) is 16.5 Å². The van der Waals surface area contributed by atoms with Crippen LogP contribution in [0.3, 0.4) is 0 Å². The van der Waals surface area contributed by atoms with Crippen LogP contribution in [-0.2, 0) is 21.7 Å². The maximum absolute atomic E-state index is 6.80. The summed E-state index contributed by atoms with van der Waals surface area (Å²) in [6, 6.07) is 44.2. The molecular weight excluding hydrogens is 757 g/mol. The highest BCUT2D eigenvalue weighted by atomic mass is 16.5. The number of nitrogens with zero attached hydrogens (tertiary/aromatic N) is 4. The molecule has 0 N–H and O–H groups in total. The molecule has 5 nitrogen and oxygen atoms in total. The molecule has 0 amide bonds. The molecule has 0 fully saturated rings. The third-order valence-corrected chi connectivity index (χ3v) is 12.8. The Hall–Kier alpha value is -5.81. The van der Waals surface area contributed by atoms with E-state index >= 15 is 0 Å². The van der Waals surface area contributed by atoms with Crippen LogP contribution in [0.15, 0.2) is 139 Å². The van der Waals surface area contributed by atoms with E-state index in [0.29, 0.717) is 6.67 Å². The Kier molecular flexibility index (Phi) is 10.5. The van der Waals surface area contributed by atoms with Gasteiger partial charge in [0.2, 0.25) is 0 Å². The number of ether oxygens (including phenoxy) is 1. The zero-order valence-corrected chi connectivity index (χ0v) is 39.6. The largest absolute Gasteiger partial charge is 0.457 e. The van der Waals surface area contributed by atoms with Crippen LogP contribution >= 0.6 is 0 Å². The molecule has 320 valence electrons. The predicted octanol–water partition coefficient (Wildman–Crippen LogP) is 15.4. The van der Waals surface area contributed by atoms with Gasteiger partial charge in [-0.15, -0.1) is 0 Å². The molecule has 3 heterocycles. The molecule has 1 aliphatic rings. The number of anilines is 2. The van der Waals surface area contributed by atoms with E-state index in [2.05, 4.69) is 239 Å². The van der Waals surface area contributed by atoms with Crippen LogP contribution in [0.4, 0.5) is 11.4 Å². The molecule has 0 bridgehead atoms. The van der Waals surface area contributed by atoms with Crippen molar-refractivity contribution in [3.05, 3.63) is 167 Å². The summed E-state index contributed by atoms with van der Waals surface area (Å²) < 4.78 is 9.11. The van der Waals surface area contributed by atoms with E-state index in [4.69, 9.17) is 9.72 Å². The Morgan fingerprint density at radius 1 is 0.468 bits per heavy atom.